The van der Waals surface area contributed by atoms with Crippen molar-refractivity contribution in [2.75, 3.05) is 33.4 Å². The summed E-state index contributed by atoms with van der Waals surface area (Å²) in [6.45, 7) is 7.67. The molecule has 0 amide bonds. The van der Waals surface area contributed by atoms with E-state index in [-0.39, 0.29) is 6.04 Å². The average molecular weight is 250 g/mol. The van der Waals surface area contributed by atoms with Gasteiger partial charge < -0.3 is 15.4 Å². The summed E-state index contributed by atoms with van der Waals surface area (Å²) in [6.07, 6.45) is 0.978. The summed E-state index contributed by atoms with van der Waals surface area (Å²) in [4.78, 5) is 2.27. The SMILES string of the molecule is CCOCCN(C)CCC(N)c1ccc(C)cc1. The number of hydrogen-bond donors (Lipinski definition) is 1. The Hall–Kier alpha value is -0.900. The second-order valence-electron chi connectivity index (χ2n) is 4.81. The zero-order valence-corrected chi connectivity index (χ0v) is 11.9. The molecular weight excluding hydrogens is 224 g/mol. The lowest BCUT2D eigenvalue weighted by Crippen LogP contribution is -2.27. The lowest BCUT2D eigenvalue weighted by atomic mass is 10.0. The molecule has 0 aliphatic heterocycles. The Bertz CT molecular complexity index is 324. The summed E-state index contributed by atoms with van der Waals surface area (Å²) in [5, 5.41) is 0. The lowest BCUT2D eigenvalue weighted by Gasteiger charge is -2.19. The van der Waals surface area contributed by atoms with Gasteiger partial charge in [-0.25, -0.2) is 0 Å². The minimum absolute atomic E-state index is 0.125. The van der Waals surface area contributed by atoms with Gasteiger partial charge in [-0.15, -0.1) is 0 Å². The molecule has 0 bridgehead atoms. The van der Waals surface area contributed by atoms with Crippen LogP contribution >= 0.6 is 0 Å². The maximum atomic E-state index is 6.19. The topological polar surface area (TPSA) is 38.5 Å². The predicted molar refractivity (Wildman–Crippen MR) is 76.7 cm³/mol. The fraction of sp³-hybridized carbons (Fsp3) is 0.600. The molecule has 1 aromatic rings. The van der Waals surface area contributed by atoms with Gasteiger partial charge in [-0.2, -0.15) is 0 Å². The van der Waals surface area contributed by atoms with E-state index in [0.29, 0.717) is 0 Å². The third-order valence-corrected chi connectivity index (χ3v) is 3.15. The van der Waals surface area contributed by atoms with Crippen LogP contribution in [0.25, 0.3) is 0 Å². The monoisotopic (exact) mass is 250 g/mol. The molecule has 0 aliphatic carbocycles. The first kappa shape index (κ1) is 15.2. The number of ether oxygens (including phenoxy) is 1. The largest absolute Gasteiger partial charge is 0.380 e. The van der Waals surface area contributed by atoms with E-state index in [9.17, 15) is 0 Å². The van der Waals surface area contributed by atoms with E-state index in [1.165, 1.54) is 11.1 Å². The van der Waals surface area contributed by atoms with Gasteiger partial charge in [-0.3, -0.25) is 0 Å². The van der Waals surface area contributed by atoms with E-state index < -0.39 is 0 Å². The quantitative estimate of drug-likeness (QED) is 0.720. The van der Waals surface area contributed by atoms with Crippen molar-refractivity contribution < 1.29 is 4.74 Å². The van der Waals surface area contributed by atoms with Crippen LogP contribution in [-0.2, 0) is 4.74 Å². The second-order valence-corrected chi connectivity index (χ2v) is 4.81. The molecule has 0 aliphatic rings. The molecule has 0 saturated carbocycles. The molecule has 0 aromatic heterocycles. The number of hydrogen-bond acceptors (Lipinski definition) is 3. The summed E-state index contributed by atoms with van der Waals surface area (Å²) >= 11 is 0. The highest BCUT2D eigenvalue weighted by molar-refractivity contribution is 5.23. The van der Waals surface area contributed by atoms with Crippen molar-refractivity contribution in [1.82, 2.24) is 4.90 Å². The van der Waals surface area contributed by atoms with Gasteiger partial charge in [0, 0.05) is 19.2 Å². The molecular formula is C15H26N2O. The molecule has 1 atom stereocenters. The molecule has 2 N–H and O–H groups in total. The summed E-state index contributed by atoms with van der Waals surface area (Å²) < 4.78 is 5.34. The summed E-state index contributed by atoms with van der Waals surface area (Å²) in [6, 6.07) is 8.61. The first-order chi connectivity index (χ1) is 8.63. The third kappa shape index (κ3) is 5.63. The number of nitrogens with zero attached hydrogens (tertiary/aromatic N) is 1. The van der Waals surface area contributed by atoms with Gasteiger partial charge in [0.05, 0.1) is 6.61 Å². The Morgan fingerprint density at radius 1 is 1.22 bits per heavy atom. The van der Waals surface area contributed by atoms with Gasteiger partial charge in [-0.05, 0) is 39.4 Å². The van der Waals surface area contributed by atoms with E-state index in [2.05, 4.69) is 43.1 Å². The third-order valence-electron chi connectivity index (χ3n) is 3.15. The van der Waals surface area contributed by atoms with E-state index in [0.717, 1.165) is 32.7 Å². The summed E-state index contributed by atoms with van der Waals surface area (Å²) in [7, 11) is 2.11. The van der Waals surface area contributed by atoms with Crippen LogP contribution < -0.4 is 5.73 Å². The molecule has 3 nitrogen and oxygen atoms in total. The zero-order chi connectivity index (χ0) is 13.4. The van der Waals surface area contributed by atoms with Crippen LogP contribution in [0.4, 0.5) is 0 Å². The second kappa shape index (κ2) is 8.25. The molecule has 0 fully saturated rings. The molecule has 1 aromatic carbocycles. The van der Waals surface area contributed by atoms with Crippen molar-refractivity contribution in [1.29, 1.82) is 0 Å². The Morgan fingerprint density at radius 3 is 2.50 bits per heavy atom. The highest BCUT2D eigenvalue weighted by Crippen LogP contribution is 2.14. The molecule has 0 saturated heterocycles. The van der Waals surface area contributed by atoms with Crippen LogP contribution in [-0.4, -0.2) is 38.3 Å². The van der Waals surface area contributed by atoms with E-state index in [1.807, 2.05) is 6.92 Å². The molecule has 3 heteroatoms. The van der Waals surface area contributed by atoms with E-state index >= 15 is 0 Å². The van der Waals surface area contributed by atoms with Crippen molar-refractivity contribution in [3.63, 3.8) is 0 Å². The fourth-order valence-electron chi connectivity index (χ4n) is 1.82. The van der Waals surface area contributed by atoms with Gasteiger partial charge >= 0.3 is 0 Å². The fourth-order valence-corrected chi connectivity index (χ4v) is 1.82. The van der Waals surface area contributed by atoms with Crippen LogP contribution in [0, 0.1) is 6.92 Å². The minimum atomic E-state index is 0.125. The molecule has 0 spiro atoms. The van der Waals surface area contributed by atoms with Gasteiger partial charge in [0.25, 0.3) is 0 Å². The minimum Gasteiger partial charge on any atom is -0.380 e. The lowest BCUT2D eigenvalue weighted by molar-refractivity contribution is 0.121. The Balaban J connectivity index is 2.27. The molecule has 1 rings (SSSR count). The number of nitrogens with two attached hydrogens (primary N) is 1. The summed E-state index contributed by atoms with van der Waals surface area (Å²) in [5.74, 6) is 0. The van der Waals surface area contributed by atoms with Crippen molar-refractivity contribution >= 4 is 0 Å². The normalized spacial score (nSPS) is 12.9. The van der Waals surface area contributed by atoms with Gasteiger partial charge in [0.1, 0.15) is 0 Å². The molecule has 0 radical (unpaired) electrons. The van der Waals surface area contributed by atoms with Crippen molar-refractivity contribution in [2.24, 2.45) is 5.73 Å². The van der Waals surface area contributed by atoms with Crippen molar-refractivity contribution in [3.8, 4) is 0 Å². The standard InChI is InChI=1S/C15H26N2O/c1-4-18-12-11-17(3)10-9-15(16)14-7-5-13(2)6-8-14/h5-8,15H,4,9-12,16H2,1-3H3. The smallest absolute Gasteiger partial charge is 0.0593 e. The Morgan fingerprint density at radius 2 is 1.89 bits per heavy atom. The molecule has 0 heterocycles. The van der Waals surface area contributed by atoms with Gasteiger partial charge in [0.15, 0.2) is 0 Å². The van der Waals surface area contributed by atoms with Crippen molar-refractivity contribution in [3.05, 3.63) is 35.4 Å². The first-order valence-electron chi connectivity index (χ1n) is 6.72. The number of aryl methyl sites for hydroxylation is 1. The van der Waals surface area contributed by atoms with Crippen LogP contribution in [0.1, 0.15) is 30.5 Å². The molecule has 18 heavy (non-hydrogen) atoms. The predicted octanol–water partition coefficient (Wildman–Crippen LogP) is 2.35. The maximum absolute atomic E-state index is 6.19. The molecule has 102 valence electrons. The average Bonchev–Trinajstić information content (AvgIpc) is 2.37. The van der Waals surface area contributed by atoms with E-state index in [4.69, 9.17) is 10.5 Å². The van der Waals surface area contributed by atoms with Crippen LogP contribution in [0.3, 0.4) is 0 Å². The first-order valence-corrected chi connectivity index (χ1v) is 6.72. The number of likely N-dealkylation sites (N-methyl/N-ethyl adjacent to an activating group) is 1. The van der Waals surface area contributed by atoms with Crippen LogP contribution in [0.15, 0.2) is 24.3 Å². The molecule has 1 unspecified atom stereocenters. The Kier molecular flexibility index (Phi) is 6.94. The Labute approximate surface area is 111 Å². The number of rotatable bonds is 8. The van der Waals surface area contributed by atoms with Crippen LogP contribution in [0.2, 0.25) is 0 Å². The van der Waals surface area contributed by atoms with Crippen LogP contribution in [0.5, 0.6) is 0 Å². The van der Waals surface area contributed by atoms with Crippen molar-refractivity contribution in [2.45, 2.75) is 26.3 Å². The highest BCUT2D eigenvalue weighted by Gasteiger charge is 2.07. The summed E-state index contributed by atoms with van der Waals surface area (Å²) in [5.41, 5.74) is 8.69. The number of benzene rings is 1. The maximum Gasteiger partial charge on any atom is 0.0593 e. The van der Waals surface area contributed by atoms with E-state index in [1.54, 1.807) is 0 Å². The van der Waals surface area contributed by atoms with Gasteiger partial charge in [0.2, 0.25) is 0 Å². The highest BCUT2D eigenvalue weighted by atomic mass is 16.5. The zero-order valence-electron chi connectivity index (χ0n) is 11.9. The van der Waals surface area contributed by atoms with Gasteiger partial charge in [-0.1, -0.05) is 29.8 Å².